The van der Waals surface area contributed by atoms with Crippen LogP contribution in [0.1, 0.15) is 39.2 Å². The maximum absolute atomic E-state index is 12.3. The van der Waals surface area contributed by atoms with E-state index in [0.29, 0.717) is 17.6 Å². The molecule has 2 heterocycles. The largest absolute Gasteiger partial charge is 0.444 e. The number of carbonyl (C=O) groups excluding carboxylic acids is 1. The predicted octanol–water partition coefficient (Wildman–Crippen LogP) is 3.27. The molecule has 0 radical (unpaired) electrons. The lowest BCUT2D eigenvalue weighted by atomic mass is 10.2. The van der Waals surface area contributed by atoms with Gasteiger partial charge in [-0.2, -0.15) is 0 Å². The fourth-order valence-corrected chi connectivity index (χ4v) is 2.71. The highest BCUT2D eigenvalue weighted by atomic mass is 35.5. The number of aromatic nitrogens is 2. The first-order chi connectivity index (χ1) is 10.7. The topological polar surface area (TPSA) is 58.6 Å². The lowest BCUT2D eigenvalue weighted by molar-refractivity contribution is 0.0231. The van der Waals surface area contributed by atoms with Gasteiger partial charge < -0.3 is 14.5 Å². The number of carbonyl (C=O) groups is 1. The quantitative estimate of drug-likeness (QED) is 0.790. The molecule has 2 rings (SSSR count). The Morgan fingerprint density at radius 1 is 1.52 bits per heavy atom. The van der Waals surface area contributed by atoms with Crippen molar-refractivity contribution in [2.45, 2.75) is 52.2 Å². The van der Waals surface area contributed by atoms with Gasteiger partial charge in [-0.3, -0.25) is 0 Å². The van der Waals surface area contributed by atoms with Crippen LogP contribution in [0.4, 0.5) is 10.7 Å². The molecule has 1 saturated heterocycles. The first-order valence-electron chi connectivity index (χ1n) is 7.87. The van der Waals surface area contributed by atoms with E-state index in [2.05, 4.69) is 9.97 Å². The summed E-state index contributed by atoms with van der Waals surface area (Å²) in [5, 5.41) is 0.456. The second kappa shape index (κ2) is 6.91. The lowest BCUT2D eigenvalue weighted by Gasteiger charge is -2.31. The number of amides is 1. The number of halogens is 1. The Labute approximate surface area is 142 Å². The molecular weight excluding hydrogens is 316 g/mol. The molecular formula is C16H25ClN4O2. The van der Waals surface area contributed by atoms with Crippen LogP contribution in [0.3, 0.4) is 0 Å². The first kappa shape index (κ1) is 17.8. The molecule has 0 unspecified atom stereocenters. The molecule has 128 valence electrons. The molecule has 0 spiro atoms. The van der Waals surface area contributed by atoms with Gasteiger partial charge in [0.15, 0.2) is 0 Å². The molecule has 0 aliphatic carbocycles. The third-order valence-corrected chi connectivity index (χ3v) is 4.11. The van der Waals surface area contributed by atoms with E-state index in [1.165, 1.54) is 0 Å². The maximum atomic E-state index is 12.3. The molecule has 1 aliphatic rings. The van der Waals surface area contributed by atoms with E-state index < -0.39 is 5.60 Å². The Morgan fingerprint density at radius 3 is 2.83 bits per heavy atom. The van der Waals surface area contributed by atoms with E-state index in [4.69, 9.17) is 16.3 Å². The van der Waals surface area contributed by atoms with Crippen LogP contribution in [0.15, 0.2) is 6.20 Å². The highest BCUT2D eigenvalue weighted by Gasteiger charge is 2.33. The average molecular weight is 341 g/mol. The third kappa shape index (κ3) is 4.70. The van der Waals surface area contributed by atoms with Gasteiger partial charge in [0, 0.05) is 31.9 Å². The van der Waals surface area contributed by atoms with Crippen LogP contribution >= 0.6 is 11.6 Å². The average Bonchev–Trinajstić information content (AvgIpc) is 2.88. The molecule has 1 fully saturated rings. The summed E-state index contributed by atoms with van der Waals surface area (Å²) in [5.74, 6) is 0.566. The number of ether oxygens (including phenoxy) is 1. The van der Waals surface area contributed by atoms with Gasteiger partial charge in [-0.05, 0) is 40.5 Å². The predicted molar refractivity (Wildman–Crippen MR) is 91.0 cm³/mol. The molecule has 1 aliphatic heterocycles. The summed E-state index contributed by atoms with van der Waals surface area (Å²) in [6, 6.07) is 0.0959. The second-order valence-corrected chi connectivity index (χ2v) is 7.35. The van der Waals surface area contributed by atoms with Crippen molar-refractivity contribution in [1.82, 2.24) is 14.9 Å². The van der Waals surface area contributed by atoms with E-state index in [9.17, 15) is 4.79 Å². The molecule has 6 nitrogen and oxygen atoms in total. The third-order valence-electron chi connectivity index (χ3n) is 3.73. The van der Waals surface area contributed by atoms with Crippen molar-refractivity contribution in [2.24, 2.45) is 0 Å². The minimum atomic E-state index is -0.482. The molecule has 0 aromatic carbocycles. The lowest BCUT2D eigenvalue weighted by Crippen LogP contribution is -2.44. The van der Waals surface area contributed by atoms with Gasteiger partial charge in [-0.25, -0.2) is 14.8 Å². The van der Waals surface area contributed by atoms with Crippen molar-refractivity contribution in [2.75, 3.05) is 25.0 Å². The van der Waals surface area contributed by atoms with Crippen molar-refractivity contribution in [3.05, 3.63) is 16.9 Å². The fourth-order valence-electron chi connectivity index (χ4n) is 2.58. The number of aryl methyl sites for hydroxylation is 1. The molecule has 1 aromatic heterocycles. The van der Waals surface area contributed by atoms with E-state index in [-0.39, 0.29) is 12.1 Å². The molecule has 1 atom stereocenters. The standard InChI is InChI=1S/C16H25ClN4O2/c1-11-9-18-14(19-13(11)17)20(5)10-12-7-6-8-21(12)15(22)23-16(2,3)4/h9,12H,6-8,10H2,1-5H3/t12-/m0/s1. The van der Waals surface area contributed by atoms with Crippen LogP contribution in [0.2, 0.25) is 5.15 Å². The molecule has 1 amide bonds. The number of rotatable bonds is 3. The van der Waals surface area contributed by atoms with E-state index in [0.717, 1.165) is 24.9 Å². The van der Waals surface area contributed by atoms with Crippen LogP contribution in [-0.4, -0.2) is 52.7 Å². The van der Waals surface area contributed by atoms with Crippen molar-refractivity contribution < 1.29 is 9.53 Å². The summed E-state index contributed by atoms with van der Waals surface area (Å²) in [6.07, 6.45) is 3.38. The summed E-state index contributed by atoms with van der Waals surface area (Å²) in [6.45, 7) is 8.88. The van der Waals surface area contributed by atoms with E-state index in [1.54, 1.807) is 11.1 Å². The smallest absolute Gasteiger partial charge is 0.410 e. The zero-order chi connectivity index (χ0) is 17.2. The number of nitrogens with zero attached hydrogens (tertiary/aromatic N) is 4. The second-order valence-electron chi connectivity index (χ2n) is 6.99. The molecule has 0 N–H and O–H groups in total. The van der Waals surface area contributed by atoms with E-state index >= 15 is 0 Å². The van der Waals surface area contributed by atoms with Gasteiger partial charge in [-0.1, -0.05) is 11.6 Å². The van der Waals surface area contributed by atoms with Gasteiger partial charge in [0.05, 0.1) is 6.04 Å². The van der Waals surface area contributed by atoms with Crippen molar-refractivity contribution in [1.29, 1.82) is 0 Å². The van der Waals surface area contributed by atoms with Crippen molar-refractivity contribution in [3.63, 3.8) is 0 Å². The normalized spacial score (nSPS) is 18.2. The summed E-state index contributed by atoms with van der Waals surface area (Å²) in [4.78, 5) is 24.6. The highest BCUT2D eigenvalue weighted by Crippen LogP contribution is 2.23. The van der Waals surface area contributed by atoms with Crippen molar-refractivity contribution in [3.8, 4) is 0 Å². The number of likely N-dealkylation sites (N-methyl/N-ethyl adjacent to an activating group) is 1. The maximum Gasteiger partial charge on any atom is 0.410 e. The summed E-state index contributed by atoms with van der Waals surface area (Å²) >= 11 is 6.06. The van der Waals surface area contributed by atoms with Crippen molar-refractivity contribution >= 4 is 23.6 Å². The Bertz CT molecular complexity index is 574. The number of anilines is 1. The Balaban J connectivity index is 2.02. The summed E-state index contributed by atoms with van der Waals surface area (Å²) < 4.78 is 5.49. The van der Waals surface area contributed by atoms with Gasteiger partial charge in [0.25, 0.3) is 0 Å². The molecule has 23 heavy (non-hydrogen) atoms. The SMILES string of the molecule is Cc1cnc(N(C)C[C@@H]2CCCN2C(=O)OC(C)(C)C)nc1Cl. The summed E-state index contributed by atoms with van der Waals surface area (Å²) in [7, 11) is 1.91. The highest BCUT2D eigenvalue weighted by molar-refractivity contribution is 6.30. The monoisotopic (exact) mass is 340 g/mol. The van der Waals surface area contributed by atoms with Gasteiger partial charge in [0.2, 0.25) is 5.95 Å². The van der Waals surface area contributed by atoms with Crippen LogP contribution in [-0.2, 0) is 4.74 Å². The van der Waals surface area contributed by atoms with Crippen LogP contribution < -0.4 is 4.90 Å². The Kier molecular flexibility index (Phi) is 5.34. The summed E-state index contributed by atoms with van der Waals surface area (Å²) in [5.41, 5.74) is 0.365. The number of likely N-dealkylation sites (tertiary alicyclic amines) is 1. The van der Waals surface area contributed by atoms with Gasteiger partial charge >= 0.3 is 6.09 Å². The van der Waals surface area contributed by atoms with E-state index in [1.807, 2.05) is 39.6 Å². The van der Waals surface area contributed by atoms with Gasteiger partial charge in [-0.15, -0.1) is 0 Å². The molecule has 0 bridgehead atoms. The van der Waals surface area contributed by atoms with Crippen LogP contribution in [0.25, 0.3) is 0 Å². The van der Waals surface area contributed by atoms with Crippen LogP contribution in [0, 0.1) is 6.92 Å². The zero-order valence-electron chi connectivity index (χ0n) is 14.5. The number of hydrogen-bond acceptors (Lipinski definition) is 5. The first-order valence-corrected chi connectivity index (χ1v) is 8.25. The zero-order valence-corrected chi connectivity index (χ0v) is 15.2. The Morgan fingerprint density at radius 2 is 2.22 bits per heavy atom. The minimum Gasteiger partial charge on any atom is -0.444 e. The number of hydrogen-bond donors (Lipinski definition) is 0. The fraction of sp³-hybridized carbons (Fsp3) is 0.688. The van der Waals surface area contributed by atoms with Gasteiger partial charge in [0.1, 0.15) is 10.8 Å². The Hall–Kier alpha value is -1.56. The molecule has 1 aromatic rings. The molecule has 0 saturated carbocycles. The minimum absolute atomic E-state index is 0.0959. The molecule has 7 heteroatoms. The van der Waals surface area contributed by atoms with Crippen LogP contribution in [0.5, 0.6) is 0 Å².